The third-order valence-corrected chi connectivity index (χ3v) is 6.76. The Kier molecular flexibility index (Phi) is 6.97. The van der Waals surface area contributed by atoms with Gasteiger partial charge in [-0.05, 0) is 61.4 Å². The molecule has 7 heteroatoms. The predicted octanol–water partition coefficient (Wildman–Crippen LogP) is 4.58. The maximum absolute atomic E-state index is 13.3. The van der Waals surface area contributed by atoms with Crippen LogP contribution >= 0.6 is 0 Å². The topological polar surface area (TPSA) is 72.9 Å². The molecule has 0 N–H and O–H groups in total. The number of hydrogen-bond acceptors (Lipinski definition) is 5. The van der Waals surface area contributed by atoms with Gasteiger partial charge in [0.1, 0.15) is 12.4 Å². The quantitative estimate of drug-likeness (QED) is 0.481. The minimum absolute atomic E-state index is 0.0322. The Labute approximate surface area is 183 Å². The summed E-state index contributed by atoms with van der Waals surface area (Å²) < 4.78 is 38.4. The van der Waals surface area contributed by atoms with Crippen molar-refractivity contribution in [2.75, 3.05) is 18.0 Å². The number of carbonyl (C=O) groups excluding carboxylic acids is 1. The highest BCUT2D eigenvalue weighted by Gasteiger charge is 2.25. The third kappa shape index (κ3) is 5.06. The van der Waals surface area contributed by atoms with Crippen molar-refractivity contribution in [1.82, 2.24) is 0 Å². The summed E-state index contributed by atoms with van der Waals surface area (Å²) in [4.78, 5) is 12.0. The molecule has 3 aromatic carbocycles. The summed E-state index contributed by atoms with van der Waals surface area (Å²) in [5.74, 6) is 0.0712. The lowest BCUT2D eigenvalue weighted by atomic mass is 10.1. The smallest absolute Gasteiger partial charge is 0.338 e. The van der Waals surface area contributed by atoms with Gasteiger partial charge in [0, 0.05) is 6.54 Å². The molecule has 0 heterocycles. The number of esters is 1. The average molecular weight is 440 g/mol. The zero-order valence-corrected chi connectivity index (χ0v) is 18.6. The molecule has 0 bridgehead atoms. The largest absolute Gasteiger partial charge is 0.489 e. The molecular formula is C24H25NO5S. The number of nitrogens with zero attached hydrogens (tertiary/aromatic N) is 1. The fourth-order valence-corrected chi connectivity index (χ4v) is 4.66. The Morgan fingerprint density at radius 2 is 1.65 bits per heavy atom. The molecule has 0 radical (unpaired) electrons. The zero-order valence-electron chi connectivity index (χ0n) is 17.7. The number of carbonyl (C=O) groups is 1. The lowest BCUT2D eigenvalue weighted by Gasteiger charge is -2.23. The molecule has 0 amide bonds. The predicted molar refractivity (Wildman–Crippen MR) is 120 cm³/mol. The molecule has 0 aliphatic heterocycles. The summed E-state index contributed by atoms with van der Waals surface area (Å²) in [5.41, 5.74) is 2.43. The van der Waals surface area contributed by atoms with E-state index in [0.29, 0.717) is 23.6 Å². The van der Waals surface area contributed by atoms with Gasteiger partial charge in [-0.2, -0.15) is 0 Å². The van der Waals surface area contributed by atoms with Crippen molar-refractivity contribution in [3.8, 4) is 5.75 Å². The van der Waals surface area contributed by atoms with Crippen LogP contribution in [0.3, 0.4) is 0 Å². The number of ether oxygens (including phenoxy) is 2. The van der Waals surface area contributed by atoms with E-state index in [1.54, 1.807) is 44.2 Å². The fraction of sp³-hybridized carbons (Fsp3) is 0.208. The highest BCUT2D eigenvalue weighted by atomic mass is 32.2. The van der Waals surface area contributed by atoms with Crippen LogP contribution in [0, 0.1) is 6.92 Å². The maximum Gasteiger partial charge on any atom is 0.338 e. The van der Waals surface area contributed by atoms with Crippen molar-refractivity contribution < 1.29 is 22.7 Å². The standard InChI is InChI=1S/C24H25NO5S/c1-4-25(31(27,28)22-15-10-18(2)23(16-22)24(26)29-3)20-11-13-21(14-12-20)30-17-19-8-6-5-7-9-19/h5-16H,4,17H2,1-3H3. The van der Waals surface area contributed by atoms with Crippen LogP contribution < -0.4 is 9.04 Å². The molecule has 0 atom stereocenters. The molecule has 0 unspecified atom stereocenters. The van der Waals surface area contributed by atoms with E-state index in [2.05, 4.69) is 0 Å². The number of hydrogen-bond donors (Lipinski definition) is 0. The molecule has 3 aromatic rings. The minimum Gasteiger partial charge on any atom is -0.489 e. The summed E-state index contributed by atoms with van der Waals surface area (Å²) in [6.07, 6.45) is 0. The van der Waals surface area contributed by atoms with E-state index in [0.717, 1.165) is 5.56 Å². The molecule has 31 heavy (non-hydrogen) atoms. The highest BCUT2D eigenvalue weighted by Crippen LogP contribution is 2.27. The van der Waals surface area contributed by atoms with Gasteiger partial charge < -0.3 is 9.47 Å². The Balaban J connectivity index is 1.83. The maximum atomic E-state index is 13.3. The minimum atomic E-state index is -3.87. The Morgan fingerprint density at radius 1 is 0.968 bits per heavy atom. The molecule has 3 rings (SSSR count). The van der Waals surface area contributed by atoms with Gasteiger partial charge >= 0.3 is 5.97 Å². The second-order valence-electron chi connectivity index (χ2n) is 6.91. The summed E-state index contributed by atoms with van der Waals surface area (Å²) >= 11 is 0. The molecule has 162 valence electrons. The van der Waals surface area contributed by atoms with Gasteiger partial charge in [0.15, 0.2) is 0 Å². The van der Waals surface area contributed by atoms with Crippen molar-refractivity contribution in [2.45, 2.75) is 25.3 Å². The van der Waals surface area contributed by atoms with Crippen LogP contribution in [0.2, 0.25) is 0 Å². The van der Waals surface area contributed by atoms with Crippen molar-refractivity contribution in [1.29, 1.82) is 0 Å². The summed E-state index contributed by atoms with van der Waals surface area (Å²) in [6.45, 7) is 4.14. The van der Waals surface area contributed by atoms with Gasteiger partial charge in [-0.25, -0.2) is 13.2 Å². The van der Waals surface area contributed by atoms with Crippen LogP contribution in [-0.2, 0) is 21.4 Å². The van der Waals surface area contributed by atoms with Gasteiger partial charge in [-0.1, -0.05) is 36.4 Å². The number of benzene rings is 3. The van der Waals surface area contributed by atoms with Crippen LogP contribution in [-0.4, -0.2) is 28.0 Å². The molecular weight excluding hydrogens is 414 g/mol. The van der Waals surface area contributed by atoms with Gasteiger partial charge in [0.2, 0.25) is 0 Å². The normalized spacial score (nSPS) is 11.1. The number of anilines is 1. The van der Waals surface area contributed by atoms with E-state index in [9.17, 15) is 13.2 Å². The SMILES string of the molecule is CCN(c1ccc(OCc2ccccc2)cc1)S(=O)(=O)c1ccc(C)c(C(=O)OC)c1. The van der Waals surface area contributed by atoms with Crippen LogP contribution in [0.15, 0.2) is 77.7 Å². The Morgan fingerprint density at radius 3 is 2.26 bits per heavy atom. The molecule has 0 saturated heterocycles. The van der Waals surface area contributed by atoms with E-state index in [-0.39, 0.29) is 17.0 Å². The number of aryl methyl sites for hydroxylation is 1. The summed E-state index contributed by atoms with van der Waals surface area (Å²) in [6, 6.07) is 21.1. The molecule has 0 aliphatic carbocycles. The number of sulfonamides is 1. The monoisotopic (exact) mass is 439 g/mol. The summed E-state index contributed by atoms with van der Waals surface area (Å²) in [7, 11) is -2.60. The van der Waals surface area contributed by atoms with Gasteiger partial charge in [-0.15, -0.1) is 0 Å². The zero-order chi connectivity index (χ0) is 22.4. The number of rotatable bonds is 8. The second-order valence-corrected chi connectivity index (χ2v) is 8.77. The van der Waals surface area contributed by atoms with Gasteiger partial charge in [0.25, 0.3) is 10.0 Å². The van der Waals surface area contributed by atoms with Crippen molar-refractivity contribution >= 4 is 21.7 Å². The lowest BCUT2D eigenvalue weighted by molar-refractivity contribution is 0.0599. The van der Waals surface area contributed by atoms with E-state index in [1.165, 1.54) is 23.5 Å². The lowest BCUT2D eigenvalue weighted by Crippen LogP contribution is -2.31. The van der Waals surface area contributed by atoms with Crippen molar-refractivity contribution in [2.24, 2.45) is 0 Å². The second kappa shape index (κ2) is 9.66. The first-order valence-corrected chi connectivity index (χ1v) is 11.3. The van der Waals surface area contributed by atoms with E-state index in [4.69, 9.17) is 9.47 Å². The van der Waals surface area contributed by atoms with Gasteiger partial charge in [0.05, 0.1) is 23.3 Å². The van der Waals surface area contributed by atoms with Crippen LogP contribution in [0.1, 0.15) is 28.4 Å². The fourth-order valence-electron chi connectivity index (χ4n) is 3.16. The first kappa shape index (κ1) is 22.4. The molecule has 0 aromatic heterocycles. The summed E-state index contributed by atoms with van der Waals surface area (Å²) in [5, 5.41) is 0. The Bertz CT molecular complexity index is 1140. The van der Waals surface area contributed by atoms with E-state index < -0.39 is 16.0 Å². The average Bonchev–Trinajstić information content (AvgIpc) is 2.79. The molecule has 0 aliphatic rings. The molecule has 0 spiro atoms. The van der Waals surface area contributed by atoms with Crippen molar-refractivity contribution in [3.05, 3.63) is 89.5 Å². The highest BCUT2D eigenvalue weighted by molar-refractivity contribution is 7.92. The molecule has 0 saturated carbocycles. The van der Waals surface area contributed by atoms with Crippen molar-refractivity contribution in [3.63, 3.8) is 0 Å². The van der Waals surface area contributed by atoms with Crippen LogP contribution in [0.5, 0.6) is 5.75 Å². The van der Waals surface area contributed by atoms with E-state index in [1.807, 2.05) is 30.3 Å². The first-order chi connectivity index (χ1) is 14.9. The van der Waals surface area contributed by atoms with E-state index >= 15 is 0 Å². The first-order valence-electron chi connectivity index (χ1n) is 9.85. The third-order valence-electron chi connectivity index (χ3n) is 4.86. The molecule has 0 fully saturated rings. The Hall–Kier alpha value is -3.32. The number of methoxy groups -OCH3 is 1. The van der Waals surface area contributed by atoms with Gasteiger partial charge in [-0.3, -0.25) is 4.31 Å². The van der Waals surface area contributed by atoms with Crippen LogP contribution in [0.25, 0.3) is 0 Å². The molecule has 6 nitrogen and oxygen atoms in total. The van der Waals surface area contributed by atoms with Crippen LogP contribution in [0.4, 0.5) is 5.69 Å².